The van der Waals surface area contributed by atoms with Crippen molar-refractivity contribution in [3.05, 3.63) is 29.3 Å². The zero-order valence-corrected chi connectivity index (χ0v) is 10.2. The summed E-state index contributed by atoms with van der Waals surface area (Å²) in [6.07, 6.45) is 1.88. The maximum atomic E-state index is 10.8. The first-order valence-corrected chi connectivity index (χ1v) is 6.34. The molecular formula is C12H14O4S. The van der Waals surface area contributed by atoms with Gasteiger partial charge in [-0.3, -0.25) is 0 Å². The maximum Gasteiger partial charge on any atom is 0.337 e. The minimum Gasteiger partial charge on any atom is -0.479 e. The summed E-state index contributed by atoms with van der Waals surface area (Å²) < 4.78 is 0. The van der Waals surface area contributed by atoms with Gasteiger partial charge in [0, 0.05) is 11.3 Å². The van der Waals surface area contributed by atoms with E-state index >= 15 is 0 Å². The predicted octanol–water partition coefficient (Wildman–Crippen LogP) is 1.66. The highest BCUT2D eigenvalue weighted by Gasteiger charge is 2.20. The summed E-state index contributed by atoms with van der Waals surface area (Å²) in [6.45, 7) is 0. The average molecular weight is 254 g/mol. The van der Waals surface area contributed by atoms with Crippen molar-refractivity contribution in [3.63, 3.8) is 0 Å². The van der Waals surface area contributed by atoms with Crippen molar-refractivity contribution in [1.82, 2.24) is 0 Å². The van der Waals surface area contributed by atoms with Gasteiger partial charge in [0.25, 0.3) is 0 Å². The van der Waals surface area contributed by atoms with E-state index in [1.807, 2.05) is 12.3 Å². The maximum absolute atomic E-state index is 10.8. The van der Waals surface area contributed by atoms with Crippen LogP contribution in [0.3, 0.4) is 0 Å². The van der Waals surface area contributed by atoms with Crippen LogP contribution in [0.25, 0.3) is 0 Å². The van der Waals surface area contributed by atoms with Gasteiger partial charge in [-0.05, 0) is 29.9 Å². The SMILES string of the molecule is CSc1cccc(C(O)C(=O)O)c1CCC=O. The van der Waals surface area contributed by atoms with Crippen LogP contribution >= 0.6 is 11.8 Å². The quantitative estimate of drug-likeness (QED) is 0.596. The number of aliphatic hydroxyl groups excluding tert-OH is 1. The summed E-state index contributed by atoms with van der Waals surface area (Å²) >= 11 is 1.47. The fourth-order valence-corrected chi connectivity index (χ4v) is 2.31. The fraction of sp³-hybridized carbons (Fsp3) is 0.333. The largest absolute Gasteiger partial charge is 0.479 e. The lowest BCUT2D eigenvalue weighted by Gasteiger charge is -2.14. The first kappa shape index (κ1) is 13.7. The Kier molecular flexibility index (Phi) is 5.18. The van der Waals surface area contributed by atoms with E-state index in [1.165, 1.54) is 11.8 Å². The number of carboxylic acid groups (broad SMARTS) is 1. The summed E-state index contributed by atoms with van der Waals surface area (Å²) in [7, 11) is 0. The van der Waals surface area contributed by atoms with Crippen molar-refractivity contribution in [2.24, 2.45) is 0 Å². The Morgan fingerprint density at radius 1 is 1.53 bits per heavy atom. The van der Waals surface area contributed by atoms with Gasteiger partial charge >= 0.3 is 5.97 Å². The van der Waals surface area contributed by atoms with E-state index in [9.17, 15) is 14.7 Å². The third-order valence-corrected chi connectivity index (χ3v) is 3.25. The molecule has 0 amide bonds. The normalized spacial score (nSPS) is 12.1. The Balaban J connectivity index is 3.17. The molecule has 1 atom stereocenters. The number of carbonyl (C=O) groups is 2. The molecular weight excluding hydrogens is 240 g/mol. The molecule has 4 nitrogen and oxygen atoms in total. The molecule has 0 saturated carbocycles. The van der Waals surface area contributed by atoms with Crippen LogP contribution in [-0.2, 0) is 16.0 Å². The second-order valence-electron chi connectivity index (χ2n) is 3.47. The predicted molar refractivity (Wildman–Crippen MR) is 65.2 cm³/mol. The van der Waals surface area contributed by atoms with Gasteiger partial charge in [0.2, 0.25) is 0 Å². The molecule has 1 unspecified atom stereocenters. The van der Waals surface area contributed by atoms with E-state index in [-0.39, 0.29) is 0 Å². The van der Waals surface area contributed by atoms with Gasteiger partial charge in [0.15, 0.2) is 6.10 Å². The topological polar surface area (TPSA) is 74.6 Å². The van der Waals surface area contributed by atoms with E-state index in [2.05, 4.69) is 0 Å². The van der Waals surface area contributed by atoms with Crippen LogP contribution in [0.15, 0.2) is 23.1 Å². The van der Waals surface area contributed by atoms with Crippen molar-refractivity contribution in [2.75, 3.05) is 6.26 Å². The minimum atomic E-state index is -1.54. The molecule has 0 radical (unpaired) electrons. The zero-order valence-electron chi connectivity index (χ0n) is 9.42. The molecule has 0 fully saturated rings. The number of thioether (sulfide) groups is 1. The molecule has 0 aliphatic heterocycles. The van der Waals surface area contributed by atoms with Crippen LogP contribution in [0, 0.1) is 0 Å². The van der Waals surface area contributed by atoms with Gasteiger partial charge in [0.05, 0.1) is 0 Å². The van der Waals surface area contributed by atoms with Crippen LogP contribution in [0.2, 0.25) is 0 Å². The number of aldehydes is 1. The third kappa shape index (κ3) is 3.31. The smallest absolute Gasteiger partial charge is 0.337 e. The van der Waals surface area contributed by atoms with Gasteiger partial charge in [-0.2, -0.15) is 0 Å². The second kappa shape index (κ2) is 6.42. The Bertz CT molecular complexity index is 417. The Labute approximate surface area is 104 Å². The van der Waals surface area contributed by atoms with Gasteiger partial charge in [0.1, 0.15) is 6.29 Å². The molecule has 0 aliphatic carbocycles. The number of benzene rings is 1. The monoisotopic (exact) mass is 254 g/mol. The highest BCUT2D eigenvalue weighted by Crippen LogP contribution is 2.28. The van der Waals surface area contributed by atoms with Crippen LogP contribution in [0.1, 0.15) is 23.7 Å². The van der Waals surface area contributed by atoms with Crippen molar-refractivity contribution in [2.45, 2.75) is 23.8 Å². The molecule has 0 heterocycles. The number of aliphatic hydroxyl groups is 1. The molecule has 92 valence electrons. The molecule has 0 spiro atoms. The van der Waals surface area contributed by atoms with Crippen LogP contribution in [0.5, 0.6) is 0 Å². The molecule has 0 bridgehead atoms. The van der Waals surface area contributed by atoms with Crippen LogP contribution in [0.4, 0.5) is 0 Å². The van der Waals surface area contributed by atoms with Gasteiger partial charge in [-0.1, -0.05) is 12.1 Å². The first-order chi connectivity index (χ1) is 8.11. The third-order valence-electron chi connectivity index (χ3n) is 2.43. The summed E-state index contributed by atoms with van der Waals surface area (Å²) in [6, 6.07) is 5.14. The first-order valence-electron chi connectivity index (χ1n) is 5.12. The van der Waals surface area contributed by atoms with Gasteiger partial charge in [-0.15, -0.1) is 11.8 Å². The zero-order chi connectivity index (χ0) is 12.8. The average Bonchev–Trinajstić information content (AvgIpc) is 2.34. The molecule has 1 rings (SSSR count). The van der Waals surface area contributed by atoms with E-state index in [1.54, 1.807) is 12.1 Å². The molecule has 1 aromatic rings. The standard InChI is InChI=1S/C12H14O4S/c1-17-10-6-2-4-9(11(14)12(15)16)8(10)5-3-7-13/h2,4,6-7,11,14H,3,5H2,1H3,(H,15,16). The Hall–Kier alpha value is -1.33. The minimum absolute atomic E-state index is 0.316. The van der Waals surface area contributed by atoms with Crippen LogP contribution in [-0.4, -0.2) is 28.7 Å². The van der Waals surface area contributed by atoms with Crippen molar-refractivity contribution < 1.29 is 19.8 Å². The number of carboxylic acids is 1. The lowest BCUT2D eigenvalue weighted by molar-refractivity contribution is -0.147. The molecule has 1 aromatic carbocycles. The number of rotatable bonds is 6. The summed E-state index contributed by atoms with van der Waals surface area (Å²) in [5.74, 6) is -1.28. The van der Waals surface area contributed by atoms with E-state index in [4.69, 9.17) is 5.11 Å². The molecule has 0 aromatic heterocycles. The van der Waals surface area contributed by atoms with Crippen molar-refractivity contribution in [3.8, 4) is 0 Å². The van der Waals surface area contributed by atoms with Crippen molar-refractivity contribution >= 4 is 24.0 Å². The number of hydrogen-bond acceptors (Lipinski definition) is 4. The lowest BCUT2D eigenvalue weighted by Crippen LogP contribution is -2.13. The Morgan fingerprint density at radius 3 is 2.76 bits per heavy atom. The highest BCUT2D eigenvalue weighted by molar-refractivity contribution is 7.98. The van der Waals surface area contributed by atoms with Gasteiger partial charge in [-0.25, -0.2) is 4.79 Å². The number of hydrogen-bond donors (Lipinski definition) is 2. The Morgan fingerprint density at radius 2 is 2.24 bits per heavy atom. The fourth-order valence-electron chi connectivity index (χ4n) is 1.63. The molecule has 0 saturated heterocycles. The van der Waals surface area contributed by atoms with Crippen LogP contribution < -0.4 is 0 Å². The molecule has 2 N–H and O–H groups in total. The number of carbonyl (C=O) groups excluding carboxylic acids is 1. The second-order valence-corrected chi connectivity index (χ2v) is 4.32. The summed E-state index contributed by atoms with van der Waals surface area (Å²) in [5, 5.41) is 18.4. The highest BCUT2D eigenvalue weighted by atomic mass is 32.2. The van der Waals surface area contributed by atoms with Gasteiger partial charge < -0.3 is 15.0 Å². The van der Waals surface area contributed by atoms with Crippen molar-refractivity contribution in [1.29, 1.82) is 0 Å². The number of aliphatic carboxylic acids is 1. The van der Waals surface area contributed by atoms with E-state index in [0.717, 1.165) is 16.7 Å². The van der Waals surface area contributed by atoms with E-state index in [0.29, 0.717) is 18.4 Å². The summed E-state index contributed by atoms with van der Waals surface area (Å²) in [4.78, 5) is 22.1. The van der Waals surface area contributed by atoms with E-state index < -0.39 is 12.1 Å². The lowest BCUT2D eigenvalue weighted by atomic mass is 9.99. The molecule has 17 heavy (non-hydrogen) atoms. The summed E-state index contributed by atoms with van der Waals surface area (Å²) in [5.41, 5.74) is 1.10. The molecule has 5 heteroatoms. The molecule has 0 aliphatic rings.